The molecule has 4 nitrogen and oxygen atoms in total. The molecule has 0 spiro atoms. The normalized spacial score (nSPS) is 11.8. The van der Waals surface area contributed by atoms with Crippen LogP contribution in [-0.2, 0) is 11.3 Å². The van der Waals surface area contributed by atoms with Gasteiger partial charge in [0.1, 0.15) is 11.5 Å². The Bertz CT molecular complexity index is 421. The maximum atomic E-state index is 11.5. The highest BCUT2D eigenvalue weighted by Gasteiger charge is 2.10. The summed E-state index contributed by atoms with van der Waals surface area (Å²) < 4.78 is 10.9. The number of hydrogen-bond donors (Lipinski definition) is 1. The third kappa shape index (κ3) is 5.11. The molecule has 0 aliphatic carbocycles. The van der Waals surface area contributed by atoms with Crippen molar-refractivity contribution in [2.24, 2.45) is 0 Å². The summed E-state index contributed by atoms with van der Waals surface area (Å²) in [6.07, 6.45) is 0.932. The first-order valence-corrected chi connectivity index (χ1v) is 7.21. The Labute approximate surface area is 122 Å². The van der Waals surface area contributed by atoms with Crippen LogP contribution in [0.15, 0.2) is 18.2 Å². The molecule has 19 heavy (non-hydrogen) atoms. The number of ether oxygens (including phenoxy) is 2. The highest BCUT2D eigenvalue weighted by Crippen LogP contribution is 2.25. The van der Waals surface area contributed by atoms with Crippen LogP contribution in [0, 0.1) is 0 Å². The predicted octanol–water partition coefficient (Wildman–Crippen LogP) is 2.88. The number of carbonyl (C=O) groups excluding carboxylic acids is 1. The molecule has 1 amide bonds. The second-order valence-corrected chi connectivity index (χ2v) is 5.53. The maximum Gasteiger partial charge on any atom is 0.233 e. The largest absolute Gasteiger partial charge is 0.497 e. The summed E-state index contributed by atoms with van der Waals surface area (Å²) in [7, 11) is 1.62. The van der Waals surface area contributed by atoms with Crippen molar-refractivity contribution in [2.75, 3.05) is 13.7 Å². The second-order valence-electron chi connectivity index (χ2n) is 4.16. The smallest absolute Gasteiger partial charge is 0.233 e. The third-order valence-corrected chi connectivity index (χ3v) is 2.97. The fourth-order valence-electron chi connectivity index (χ4n) is 1.48. The molecule has 5 heteroatoms. The number of nitrogens with one attached hydrogen (secondary N) is 1. The zero-order chi connectivity index (χ0) is 14.3. The summed E-state index contributed by atoms with van der Waals surface area (Å²) in [5.74, 6) is 1.45. The van der Waals surface area contributed by atoms with E-state index in [0.717, 1.165) is 23.5 Å². The number of hydrogen-bond acceptors (Lipinski definition) is 3. The van der Waals surface area contributed by atoms with Gasteiger partial charge in [-0.2, -0.15) is 0 Å². The number of methoxy groups -OCH3 is 1. The molecule has 0 aliphatic rings. The van der Waals surface area contributed by atoms with Crippen molar-refractivity contribution in [3.8, 4) is 11.5 Å². The molecule has 0 fully saturated rings. The van der Waals surface area contributed by atoms with E-state index in [1.807, 2.05) is 25.1 Å². The Morgan fingerprint density at radius 2 is 2.21 bits per heavy atom. The predicted molar refractivity (Wildman–Crippen MR) is 79.0 cm³/mol. The lowest BCUT2D eigenvalue weighted by Crippen LogP contribution is -2.28. The molecule has 0 heterocycles. The molecule has 1 unspecified atom stereocenters. The molecule has 0 bridgehead atoms. The van der Waals surface area contributed by atoms with E-state index in [-0.39, 0.29) is 10.7 Å². The van der Waals surface area contributed by atoms with E-state index in [0.29, 0.717) is 13.2 Å². The maximum absolute atomic E-state index is 11.5. The molecule has 1 aromatic rings. The fraction of sp³-hybridized carbons (Fsp3) is 0.500. The third-order valence-electron chi connectivity index (χ3n) is 2.55. The SMILES string of the molecule is CCCOc1cc(OC)ccc1CNC(=O)C(C)Br. The average Bonchev–Trinajstić information content (AvgIpc) is 2.42. The lowest BCUT2D eigenvalue weighted by Gasteiger charge is -2.13. The van der Waals surface area contributed by atoms with Gasteiger partial charge in [-0.3, -0.25) is 4.79 Å². The van der Waals surface area contributed by atoms with Crippen molar-refractivity contribution in [1.82, 2.24) is 5.32 Å². The zero-order valence-corrected chi connectivity index (χ0v) is 13.1. The van der Waals surface area contributed by atoms with Crippen LogP contribution in [-0.4, -0.2) is 24.5 Å². The zero-order valence-electron chi connectivity index (χ0n) is 11.5. The Balaban J connectivity index is 2.77. The summed E-state index contributed by atoms with van der Waals surface area (Å²) >= 11 is 3.23. The minimum atomic E-state index is -0.203. The van der Waals surface area contributed by atoms with Gasteiger partial charge in [0.2, 0.25) is 5.91 Å². The van der Waals surface area contributed by atoms with Gasteiger partial charge < -0.3 is 14.8 Å². The number of amides is 1. The molecule has 1 N–H and O–H groups in total. The first kappa shape index (κ1) is 15.8. The van der Waals surface area contributed by atoms with Crippen molar-refractivity contribution in [2.45, 2.75) is 31.6 Å². The quantitative estimate of drug-likeness (QED) is 0.782. The van der Waals surface area contributed by atoms with Crippen LogP contribution in [0.1, 0.15) is 25.8 Å². The van der Waals surface area contributed by atoms with Gasteiger partial charge in [-0.15, -0.1) is 0 Å². The van der Waals surface area contributed by atoms with E-state index in [9.17, 15) is 4.79 Å². The summed E-state index contributed by atoms with van der Waals surface area (Å²) in [5, 5.41) is 2.85. The van der Waals surface area contributed by atoms with E-state index in [1.165, 1.54) is 0 Å². The fourth-order valence-corrected chi connectivity index (χ4v) is 1.64. The lowest BCUT2D eigenvalue weighted by molar-refractivity contribution is -0.120. The van der Waals surface area contributed by atoms with Crippen LogP contribution in [0.3, 0.4) is 0 Å². The lowest BCUT2D eigenvalue weighted by atomic mass is 10.2. The molecule has 106 valence electrons. The van der Waals surface area contributed by atoms with E-state index < -0.39 is 0 Å². The Morgan fingerprint density at radius 3 is 2.79 bits per heavy atom. The summed E-state index contributed by atoms with van der Waals surface area (Å²) in [5.41, 5.74) is 0.941. The van der Waals surface area contributed by atoms with E-state index in [4.69, 9.17) is 9.47 Å². The van der Waals surface area contributed by atoms with Crippen LogP contribution in [0.2, 0.25) is 0 Å². The van der Waals surface area contributed by atoms with Crippen LogP contribution in [0.5, 0.6) is 11.5 Å². The van der Waals surface area contributed by atoms with Gasteiger partial charge in [-0.1, -0.05) is 22.9 Å². The number of carbonyl (C=O) groups is 1. The topological polar surface area (TPSA) is 47.6 Å². The van der Waals surface area contributed by atoms with Gasteiger partial charge in [0, 0.05) is 18.2 Å². The van der Waals surface area contributed by atoms with E-state index in [2.05, 4.69) is 21.2 Å². The number of halogens is 1. The standard InChI is InChI=1S/C14H20BrNO3/c1-4-7-19-13-8-12(18-3)6-5-11(13)9-16-14(17)10(2)15/h5-6,8,10H,4,7,9H2,1-3H3,(H,16,17). The van der Waals surface area contributed by atoms with Crippen molar-refractivity contribution < 1.29 is 14.3 Å². The van der Waals surface area contributed by atoms with Gasteiger partial charge in [-0.05, 0) is 25.5 Å². The van der Waals surface area contributed by atoms with Crippen LogP contribution >= 0.6 is 15.9 Å². The summed E-state index contributed by atoms with van der Waals surface area (Å²) in [4.78, 5) is 11.3. The van der Waals surface area contributed by atoms with Gasteiger partial charge in [0.15, 0.2) is 0 Å². The van der Waals surface area contributed by atoms with Gasteiger partial charge in [0.25, 0.3) is 0 Å². The minimum Gasteiger partial charge on any atom is -0.497 e. The number of alkyl halides is 1. The van der Waals surface area contributed by atoms with E-state index in [1.54, 1.807) is 14.0 Å². The van der Waals surface area contributed by atoms with Crippen molar-refractivity contribution in [3.05, 3.63) is 23.8 Å². The molecule has 0 saturated heterocycles. The second kappa shape index (κ2) is 8.04. The van der Waals surface area contributed by atoms with Gasteiger partial charge in [-0.25, -0.2) is 0 Å². The highest BCUT2D eigenvalue weighted by atomic mass is 79.9. The Hall–Kier alpha value is -1.23. The monoisotopic (exact) mass is 329 g/mol. The average molecular weight is 330 g/mol. The van der Waals surface area contributed by atoms with Gasteiger partial charge in [0.05, 0.1) is 18.5 Å². The molecule has 0 aromatic heterocycles. The number of benzene rings is 1. The van der Waals surface area contributed by atoms with Crippen LogP contribution in [0.25, 0.3) is 0 Å². The molecule has 1 rings (SSSR count). The molecule has 1 aromatic carbocycles. The van der Waals surface area contributed by atoms with Crippen LogP contribution < -0.4 is 14.8 Å². The van der Waals surface area contributed by atoms with Gasteiger partial charge >= 0.3 is 0 Å². The summed E-state index contributed by atoms with van der Waals surface area (Å²) in [6, 6.07) is 5.61. The molecule has 0 radical (unpaired) electrons. The highest BCUT2D eigenvalue weighted by molar-refractivity contribution is 9.10. The van der Waals surface area contributed by atoms with E-state index >= 15 is 0 Å². The van der Waals surface area contributed by atoms with Crippen molar-refractivity contribution >= 4 is 21.8 Å². The Morgan fingerprint density at radius 1 is 1.47 bits per heavy atom. The molecular weight excluding hydrogens is 310 g/mol. The first-order valence-electron chi connectivity index (χ1n) is 6.30. The molecule has 1 atom stereocenters. The first-order chi connectivity index (χ1) is 9.08. The molecule has 0 aliphatic heterocycles. The van der Waals surface area contributed by atoms with Crippen LogP contribution in [0.4, 0.5) is 0 Å². The number of rotatable bonds is 7. The van der Waals surface area contributed by atoms with Crippen molar-refractivity contribution in [3.63, 3.8) is 0 Å². The summed E-state index contributed by atoms with van der Waals surface area (Å²) in [6.45, 7) is 4.92. The molecular formula is C14H20BrNO3. The Kier molecular flexibility index (Phi) is 6.70. The van der Waals surface area contributed by atoms with Crippen molar-refractivity contribution in [1.29, 1.82) is 0 Å². The molecule has 0 saturated carbocycles. The minimum absolute atomic E-state index is 0.0442.